The average Bonchev–Trinajstić information content (AvgIpc) is 3.17. The maximum Gasteiger partial charge on any atom is 0.318 e. The lowest BCUT2D eigenvalue weighted by molar-refractivity contribution is 0.191. The van der Waals surface area contributed by atoms with Crippen LogP contribution in [0.15, 0.2) is 41.1 Å². The molecule has 26 heavy (non-hydrogen) atoms. The summed E-state index contributed by atoms with van der Waals surface area (Å²) in [6, 6.07) is 10.5. The lowest BCUT2D eigenvalue weighted by Gasteiger charge is -2.23. The van der Waals surface area contributed by atoms with Gasteiger partial charge in [0, 0.05) is 36.3 Å². The van der Waals surface area contributed by atoms with Crippen LogP contribution in [0.5, 0.6) is 0 Å². The van der Waals surface area contributed by atoms with Crippen LogP contribution in [0.2, 0.25) is 0 Å². The van der Waals surface area contributed by atoms with Gasteiger partial charge in [-0.3, -0.25) is 0 Å². The molecule has 1 aliphatic rings. The molecular formula is C20H24N4O2. The zero-order valence-corrected chi connectivity index (χ0v) is 15.2. The van der Waals surface area contributed by atoms with E-state index < -0.39 is 0 Å². The van der Waals surface area contributed by atoms with Crippen molar-refractivity contribution in [3.8, 4) is 0 Å². The molecule has 6 heteroatoms. The molecular weight excluding hydrogens is 328 g/mol. The van der Waals surface area contributed by atoms with E-state index in [4.69, 9.17) is 4.52 Å². The van der Waals surface area contributed by atoms with E-state index >= 15 is 0 Å². The third kappa shape index (κ3) is 3.59. The van der Waals surface area contributed by atoms with Gasteiger partial charge in [0.1, 0.15) is 11.5 Å². The number of amides is 2. The molecule has 0 spiro atoms. The van der Waals surface area contributed by atoms with Crippen LogP contribution in [-0.4, -0.2) is 27.1 Å². The van der Waals surface area contributed by atoms with Crippen molar-refractivity contribution in [1.29, 1.82) is 0 Å². The first-order chi connectivity index (χ1) is 12.6. The second-order valence-corrected chi connectivity index (χ2v) is 7.29. The summed E-state index contributed by atoms with van der Waals surface area (Å²) in [5.74, 6) is 1.13. The lowest BCUT2D eigenvalue weighted by atomic mass is 10.1. The third-order valence-corrected chi connectivity index (χ3v) is 4.79. The SMILES string of the molecule is CC(C)c1cc(CNC(=O)N(Cc2ccc3[nH]ccc3c2)C2CC2)no1. The number of fused-ring (bicyclic) bond motifs is 1. The van der Waals surface area contributed by atoms with Crippen LogP contribution in [0.25, 0.3) is 10.9 Å². The summed E-state index contributed by atoms with van der Waals surface area (Å²) in [6.45, 7) is 5.11. The standard InChI is InChI=1S/C20H24N4O2/c1-13(2)19-10-16(23-26-19)11-22-20(25)24(17-4-5-17)12-14-3-6-18-15(9-14)7-8-21-18/h3,6-10,13,17,21H,4-5,11-12H2,1-2H3,(H,22,25). The van der Waals surface area contributed by atoms with Crippen LogP contribution in [0.3, 0.4) is 0 Å². The molecule has 2 heterocycles. The van der Waals surface area contributed by atoms with Gasteiger partial charge < -0.3 is 19.7 Å². The summed E-state index contributed by atoms with van der Waals surface area (Å²) >= 11 is 0. The first-order valence-electron chi connectivity index (χ1n) is 9.16. The summed E-state index contributed by atoms with van der Waals surface area (Å²) < 4.78 is 5.29. The van der Waals surface area contributed by atoms with Crippen LogP contribution in [-0.2, 0) is 13.1 Å². The Bertz CT molecular complexity index is 907. The smallest absolute Gasteiger partial charge is 0.318 e. The molecule has 0 aliphatic heterocycles. The Hall–Kier alpha value is -2.76. The predicted octanol–water partition coefficient (Wildman–Crippen LogP) is 4.15. The molecule has 0 atom stereocenters. The fourth-order valence-electron chi connectivity index (χ4n) is 3.10. The van der Waals surface area contributed by atoms with E-state index in [9.17, 15) is 4.79 Å². The van der Waals surface area contributed by atoms with Crippen molar-refractivity contribution in [2.75, 3.05) is 0 Å². The van der Waals surface area contributed by atoms with E-state index in [1.807, 2.05) is 17.2 Å². The number of nitrogens with zero attached hydrogens (tertiary/aromatic N) is 2. The number of hydrogen-bond donors (Lipinski definition) is 2. The zero-order valence-electron chi connectivity index (χ0n) is 15.2. The largest absolute Gasteiger partial charge is 0.361 e. The molecule has 1 saturated carbocycles. The van der Waals surface area contributed by atoms with E-state index in [0.29, 0.717) is 25.0 Å². The molecule has 3 aromatic rings. The van der Waals surface area contributed by atoms with Crippen LogP contribution in [0.4, 0.5) is 4.79 Å². The molecule has 1 aliphatic carbocycles. The number of H-pyrrole nitrogens is 1. The summed E-state index contributed by atoms with van der Waals surface area (Å²) in [6.07, 6.45) is 4.08. The molecule has 1 aromatic carbocycles. The van der Waals surface area contributed by atoms with E-state index in [-0.39, 0.29) is 6.03 Å². The fraction of sp³-hybridized carbons (Fsp3) is 0.400. The summed E-state index contributed by atoms with van der Waals surface area (Å²) in [4.78, 5) is 17.8. The van der Waals surface area contributed by atoms with E-state index in [1.165, 1.54) is 5.39 Å². The maximum absolute atomic E-state index is 12.7. The molecule has 2 aromatic heterocycles. The molecule has 0 unspecified atom stereocenters. The van der Waals surface area contributed by atoms with Gasteiger partial charge in [0.2, 0.25) is 0 Å². The molecule has 4 rings (SSSR count). The van der Waals surface area contributed by atoms with Gasteiger partial charge in [-0.25, -0.2) is 4.79 Å². The monoisotopic (exact) mass is 352 g/mol. The Labute approximate surface area is 152 Å². The highest BCUT2D eigenvalue weighted by molar-refractivity contribution is 5.80. The predicted molar refractivity (Wildman–Crippen MR) is 99.7 cm³/mol. The number of rotatable bonds is 6. The first kappa shape index (κ1) is 16.7. The van der Waals surface area contributed by atoms with Crippen molar-refractivity contribution < 1.29 is 9.32 Å². The zero-order chi connectivity index (χ0) is 18.1. The van der Waals surface area contributed by atoms with Crippen LogP contribution in [0.1, 0.15) is 49.6 Å². The number of benzene rings is 1. The van der Waals surface area contributed by atoms with Gasteiger partial charge in [0.15, 0.2) is 0 Å². The highest BCUT2D eigenvalue weighted by Gasteiger charge is 2.32. The summed E-state index contributed by atoms with van der Waals surface area (Å²) in [7, 11) is 0. The highest BCUT2D eigenvalue weighted by Crippen LogP contribution is 2.29. The first-order valence-corrected chi connectivity index (χ1v) is 9.16. The highest BCUT2D eigenvalue weighted by atomic mass is 16.5. The van der Waals surface area contributed by atoms with E-state index in [1.54, 1.807) is 0 Å². The average molecular weight is 352 g/mol. The number of carbonyl (C=O) groups excluding carboxylic acids is 1. The molecule has 1 fully saturated rings. The number of aromatic nitrogens is 2. The van der Waals surface area contributed by atoms with Crippen LogP contribution < -0.4 is 5.32 Å². The second-order valence-electron chi connectivity index (χ2n) is 7.29. The van der Waals surface area contributed by atoms with E-state index in [2.05, 4.69) is 53.6 Å². The van der Waals surface area contributed by atoms with Gasteiger partial charge in [0.05, 0.1) is 6.54 Å². The third-order valence-electron chi connectivity index (χ3n) is 4.79. The summed E-state index contributed by atoms with van der Waals surface area (Å²) in [5.41, 5.74) is 3.01. The fourth-order valence-corrected chi connectivity index (χ4v) is 3.10. The Kier molecular flexibility index (Phi) is 4.41. The number of nitrogens with one attached hydrogen (secondary N) is 2. The molecule has 0 radical (unpaired) electrons. The van der Waals surface area contributed by atoms with Gasteiger partial charge in [-0.1, -0.05) is 25.1 Å². The topological polar surface area (TPSA) is 74.2 Å². The number of hydrogen-bond acceptors (Lipinski definition) is 3. The Balaban J connectivity index is 1.41. The van der Waals surface area contributed by atoms with Crippen molar-refractivity contribution >= 4 is 16.9 Å². The molecule has 0 bridgehead atoms. The maximum atomic E-state index is 12.7. The van der Waals surface area contributed by atoms with Crippen molar-refractivity contribution in [2.45, 2.75) is 51.7 Å². The second kappa shape index (κ2) is 6.86. The number of carbonyl (C=O) groups is 1. The van der Waals surface area contributed by atoms with Crippen molar-refractivity contribution in [1.82, 2.24) is 20.4 Å². The Morgan fingerprint density at radius 2 is 2.19 bits per heavy atom. The van der Waals surface area contributed by atoms with Crippen molar-refractivity contribution in [2.24, 2.45) is 0 Å². The van der Waals surface area contributed by atoms with Crippen LogP contribution in [0, 0.1) is 0 Å². The Morgan fingerprint density at radius 1 is 1.35 bits per heavy atom. The van der Waals surface area contributed by atoms with Gasteiger partial charge >= 0.3 is 6.03 Å². The number of aromatic amines is 1. The molecule has 0 saturated heterocycles. The van der Waals surface area contributed by atoms with E-state index in [0.717, 1.165) is 35.4 Å². The van der Waals surface area contributed by atoms with Crippen molar-refractivity contribution in [3.63, 3.8) is 0 Å². The Morgan fingerprint density at radius 3 is 2.92 bits per heavy atom. The van der Waals surface area contributed by atoms with Gasteiger partial charge in [-0.2, -0.15) is 0 Å². The van der Waals surface area contributed by atoms with Gasteiger partial charge in [-0.15, -0.1) is 0 Å². The molecule has 136 valence electrons. The van der Waals surface area contributed by atoms with Gasteiger partial charge in [0.25, 0.3) is 0 Å². The van der Waals surface area contributed by atoms with Crippen LogP contribution >= 0.6 is 0 Å². The minimum absolute atomic E-state index is 0.0456. The number of urea groups is 1. The lowest BCUT2D eigenvalue weighted by Crippen LogP contribution is -2.40. The quantitative estimate of drug-likeness (QED) is 0.700. The van der Waals surface area contributed by atoms with Gasteiger partial charge in [-0.05, 0) is 42.0 Å². The molecule has 6 nitrogen and oxygen atoms in total. The molecule has 2 N–H and O–H groups in total. The van der Waals surface area contributed by atoms with Crippen molar-refractivity contribution in [3.05, 3.63) is 53.5 Å². The normalized spacial score (nSPS) is 14.1. The minimum Gasteiger partial charge on any atom is -0.361 e. The molecule has 2 amide bonds. The minimum atomic E-state index is -0.0456. The summed E-state index contributed by atoms with van der Waals surface area (Å²) in [5, 5.41) is 8.18.